The first kappa shape index (κ1) is 17.3. The normalized spacial score (nSPS) is 12.6. The third kappa shape index (κ3) is 2.79. The Morgan fingerprint density at radius 1 is 1.11 bits per heavy atom. The predicted octanol–water partition coefficient (Wildman–Crippen LogP) is 5.07. The number of benzene rings is 2. The number of nitrogens with zero attached hydrogens (tertiary/aromatic N) is 2. The number of nitrogens with two attached hydrogens (primary N) is 1. The highest BCUT2D eigenvalue weighted by atomic mass is 16.5. The van der Waals surface area contributed by atoms with Gasteiger partial charge in [0.25, 0.3) is 0 Å². The Balaban J connectivity index is 1.78. The molecule has 27 heavy (non-hydrogen) atoms. The van der Waals surface area contributed by atoms with Gasteiger partial charge in [-0.3, -0.25) is 0 Å². The van der Waals surface area contributed by atoms with Gasteiger partial charge in [0.05, 0.1) is 11.4 Å². The van der Waals surface area contributed by atoms with Gasteiger partial charge < -0.3 is 10.3 Å². The Labute approximate surface area is 158 Å². The van der Waals surface area contributed by atoms with E-state index in [-0.39, 0.29) is 5.41 Å². The van der Waals surface area contributed by atoms with Gasteiger partial charge in [-0.25, -0.2) is 9.69 Å². The summed E-state index contributed by atoms with van der Waals surface area (Å²) in [6, 6.07) is 13.7. The van der Waals surface area contributed by atoms with E-state index < -0.39 is 6.03 Å². The average molecular weight is 361 g/mol. The van der Waals surface area contributed by atoms with Crippen molar-refractivity contribution >= 4 is 17.6 Å². The van der Waals surface area contributed by atoms with Crippen molar-refractivity contribution < 1.29 is 9.32 Å². The molecule has 5 heteroatoms. The van der Waals surface area contributed by atoms with Gasteiger partial charge in [0.1, 0.15) is 0 Å². The molecule has 3 aromatic rings. The van der Waals surface area contributed by atoms with Crippen molar-refractivity contribution in [3.63, 3.8) is 0 Å². The molecule has 0 radical (unpaired) electrons. The summed E-state index contributed by atoms with van der Waals surface area (Å²) in [5.74, 6) is 0.378. The van der Waals surface area contributed by atoms with Crippen molar-refractivity contribution in [2.45, 2.75) is 39.5 Å². The lowest BCUT2D eigenvalue weighted by atomic mass is 9.89. The lowest BCUT2D eigenvalue weighted by Crippen LogP contribution is -2.31. The monoisotopic (exact) mass is 361 g/mol. The highest BCUT2D eigenvalue weighted by Gasteiger charge is 2.30. The van der Waals surface area contributed by atoms with Gasteiger partial charge in [0.2, 0.25) is 5.88 Å². The molecule has 0 atom stereocenters. The van der Waals surface area contributed by atoms with Crippen LogP contribution in [0.1, 0.15) is 43.2 Å². The minimum Gasteiger partial charge on any atom is -0.351 e. The molecule has 138 valence electrons. The van der Waals surface area contributed by atoms with E-state index in [4.69, 9.17) is 10.3 Å². The first-order chi connectivity index (χ1) is 12.8. The lowest BCUT2D eigenvalue weighted by Gasteiger charge is -2.20. The van der Waals surface area contributed by atoms with Gasteiger partial charge in [0.15, 0.2) is 0 Å². The number of anilines is 2. The SMILES string of the molecule is Cc1c(C(C)(C)C)noc1N(C(N)=O)c1ccc2c(c1)Cc1ccccc1-2. The van der Waals surface area contributed by atoms with Crippen molar-refractivity contribution in [1.29, 1.82) is 0 Å². The summed E-state index contributed by atoms with van der Waals surface area (Å²) in [7, 11) is 0. The van der Waals surface area contributed by atoms with Gasteiger partial charge in [-0.15, -0.1) is 0 Å². The van der Waals surface area contributed by atoms with Crippen LogP contribution in [0.3, 0.4) is 0 Å². The Morgan fingerprint density at radius 2 is 1.81 bits per heavy atom. The van der Waals surface area contributed by atoms with Crippen LogP contribution in [0.5, 0.6) is 0 Å². The third-order valence-electron chi connectivity index (χ3n) is 5.07. The standard InChI is InChI=1S/C22H23N3O2/c1-13-19(22(2,3)4)24-27-20(13)25(21(23)26)16-9-10-18-15(12-16)11-14-7-5-6-8-17(14)18/h5-10,12H,11H2,1-4H3,(H2,23,26). The average Bonchev–Trinajstić information content (AvgIpc) is 3.15. The summed E-state index contributed by atoms with van der Waals surface area (Å²) in [6.45, 7) is 8.08. The maximum Gasteiger partial charge on any atom is 0.326 e. The van der Waals surface area contributed by atoms with Crippen molar-refractivity contribution in [3.05, 3.63) is 64.8 Å². The smallest absolute Gasteiger partial charge is 0.326 e. The first-order valence-corrected chi connectivity index (χ1v) is 9.05. The van der Waals surface area contributed by atoms with Gasteiger partial charge in [-0.1, -0.05) is 56.3 Å². The van der Waals surface area contributed by atoms with E-state index in [1.807, 2.05) is 37.3 Å². The minimum absolute atomic E-state index is 0.186. The molecular formula is C22H23N3O2. The molecule has 0 fully saturated rings. The second kappa shape index (κ2) is 5.98. The summed E-state index contributed by atoms with van der Waals surface area (Å²) >= 11 is 0. The molecule has 2 aromatic carbocycles. The number of primary amides is 1. The maximum absolute atomic E-state index is 12.3. The van der Waals surface area contributed by atoms with E-state index in [1.165, 1.54) is 27.2 Å². The number of carbonyl (C=O) groups is 1. The Bertz CT molecular complexity index is 1040. The molecule has 1 aliphatic rings. The molecule has 0 saturated heterocycles. The van der Waals surface area contributed by atoms with Crippen LogP contribution < -0.4 is 10.6 Å². The summed E-state index contributed by atoms with van der Waals surface area (Å²) in [5.41, 5.74) is 12.8. The summed E-state index contributed by atoms with van der Waals surface area (Å²) in [5, 5.41) is 4.20. The van der Waals surface area contributed by atoms with Crippen LogP contribution in [-0.2, 0) is 11.8 Å². The number of hydrogen-bond donors (Lipinski definition) is 1. The van der Waals surface area contributed by atoms with E-state index in [2.05, 4.69) is 38.1 Å². The van der Waals surface area contributed by atoms with E-state index in [0.29, 0.717) is 11.6 Å². The maximum atomic E-state index is 12.3. The number of fused-ring (bicyclic) bond motifs is 3. The van der Waals surface area contributed by atoms with E-state index in [1.54, 1.807) is 0 Å². The van der Waals surface area contributed by atoms with Crippen molar-refractivity contribution in [2.75, 3.05) is 4.90 Å². The van der Waals surface area contributed by atoms with Crippen LogP contribution in [0, 0.1) is 6.92 Å². The molecule has 0 aliphatic heterocycles. The van der Waals surface area contributed by atoms with Gasteiger partial charge in [-0.2, -0.15) is 0 Å². The first-order valence-electron chi connectivity index (χ1n) is 9.05. The third-order valence-corrected chi connectivity index (χ3v) is 5.07. The molecule has 0 unspecified atom stereocenters. The molecule has 2 N–H and O–H groups in total. The van der Waals surface area contributed by atoms with Crippen LogP contribution in [-0.4, -0.2) is 11.2 Å². The van der Waals surface area contributed by atoms with Crippen LogP contribution in [0.2, 0.25) is 0 Å². The van der Waals surface area contributed by atoms with Crippen LogP contribution in [0.15, 0.2) is 47.0 Å². The van der Waals surface area contributed by atoms with Gasteiger partial charge >= 0.3 is 6.03 Å². The Hall–Kier alpha value is -3.08. The molecule has 1 aliphatic carbocycles. The summed E-state index contributed by atoms with van der Waals surface area (Å²) < 4.78 is 5.56. The zero-order valence-corrected chi connectivity index (χ0v) is 16.0. The molecule has 0 bridgehead atoms. The van der Waals surface area contributed by atoms with Gasteiger partial charge in [-0.05, 0) is 47.7 Å². The summed E-state index contributed by atoms with van der Waals surface area (Å²) in [6.07, 6.45) is 0.842. The molecule has 0 saturated carbocycles. The topological polar surface area (TPSA) is 72.4 Å². The lowest BCUT2D eigenvalue weighted by molar-refractivity contribution is 0.254. The highest BCUT2D eigenvalue weighted by molar-refractivity contribution is 5.98. The molecular weight excluding hydrogens is 338 g/mol. The van der Waals surface area contributed by atoms with E-state index >= 15 is 0 Å². The fraction of sp³-hybridized carbons (Fsp3) is 0.273. The van der Waals surface area contributed by atoms with E-state index in [9.17, 15) is 4.79 Å². The molecule has 5 nitrogen and oxygen atoms in total. The molecule has 1 heterocycles. The van der Waals surface area contributed by atoms with E-state index in [0.717, 1.165) is 17.7 Å². The van der Waals surface area contributed by atoms with Gasteiger partial charge in [0, 0.05) is 11.0 Å². The van der Waals surface area contributed by atoms with Crippen LogP contribution >= 0.6 is 0 Å². The quantitative estimate of drug-likeness (QED) is 0.542. The largest absolute Gasteiger partial charge is 0.351 e. The van der Waals surface area contributed by atoms with Crippen LogP contribution in [0.4, 0.5) is 16.4 Å². The second-order valence-corrected chi connectivity index (χ2v) is 8.06. The fourth-order valence-electron chi connectivity index (χ4n) is 3.85. The zero-order valence-electron chi connectivity index (χ0n) is 16.0. The van der Waals surface area contributed by atoms with Crippen LogP contribution in [0.25, 0.3) is 11.1 Å². The fourth-order valence-corrected chi connectivity index (χ4v) is 3.85. The Kier molecular flexibility index (Phi) is 3.84. The number of carbonyl (C=O) groups excluding carboxylic acids is 1. The Morgan fingerprint density at radius 3 is 2.48 bits per heavy atom. The number of amides is 2. The summed E-state index contributed by atoms with van der Waals surface area (Å²) in [4.78, 5) is 13.7. The predicted molar refractivity (Wildman–Crippen MR) is 106 cm³/mol. The van der Waals surface area contributed by atoms with Crippen molar-refractivity contribution in [2.24, 2.45) is 5.73 Å². The molecule has 4 rings (SSSR count). The molecule has 1 aromatic heterocycles. The van der Waals surface area contributed by atoms with Crippen molar-refractivity contribution in [3.8, 4) is 11.1 Å². The number of urea groups is 1. The number of aromatic nitrogens is 1. The zero-order chi connectivity index (χ0) is 19.3. The number of rotatable bonds is 2. The van der Waals surface area contributed by atoms with Crippen molar-refractivity contribution in [1.82, 2.24) is 5.16 Å². The molecule has 0 spiro atoms. The molecule has 2 amide bonds. The number of hydrogen-bond acceptors (Lipinski definition) is 3. The minimum atomic E-state index is -0.592. The second-order valence-electron chi connectivity index (χ2n) is 8.06. The highest BCUT2D eigenvalue weighted by Crippen LogP contribution is 2.40.